The van der Waals surface area contributed by atoms with Gasteiger partial charge in [0.15, 0.2) is 0 Å². The molecule has 6 heteroatoms. The Morgan fingerprint density at radius 2 is 1.69 bits per heavy atom. The largest absolute Gasteiger partial charge is 0.460 e. The lowest BCUT2D eigenvalue weighted by molar-refractivity contribution is -0.147. The Bertz CT molecular complexity index is 1380. The highest BCUT2D eigenvalue weighted by Crippen LogP contribution is 2.18. The standard InChI is InChI=1S/C29H28N4O2/c34-29(35-20-22-9-3-1-4-10-22)25(31-21-33-18-17-24-13-7-8-14-27(24)33)15-16-28-30-19-26(32-28)23-11-5-2-6-12-23/h1-14,17-19,25,31H,15-16,20-21H2,(H,30,32)/t25-/m0/s1. The van der Waals surface area contributed by atoms with Crippen molar-refractivity contribution in [1.82, 2.24) is 19.9 Å². The number of nitrogens with one attached hydrogen (secondary N) is 2. The summed E-state index contributed by atoms with van der Waals surface area (Å²) in [4.78, 5) is 21.0. The molecule has 0 bridgehead atoms. The molecule has 1 atom stereocenters. The molecule has 0 spiro atoms. The molecule has 0 amide bonds. The van der Waals surface area contributed by atoms with E-state index in [-0.39, 0.29) is 12.6 Å². The van der Waals surface area contributed by atoms with Crippen LogP contribution >= 0.6 is 0 Å². The van der Waals surface area contributed by atoms with Crippen LogP contribution in [-0.2, 0) is 29.2 Å². The second kappa shape index (κ2) is 10.8. The third kappa shape index (κ3) is 5.67. The van der Waals surface area contributed by atoms with Crippen LogP contribution in [0.2, 0.25) is 0 Å². The predicted molar refractivity (Wildman–Crippen MR) is 137 cm³/mol. The van der Waals surface area contributed by atoms with Crippen LogP contribution in [0.15, 0.2) is 103 Å². The summed E-state index contributed by atoms with van der Waals surface area (Å²) >= 11 is 0. The molecule has 3 aromatic carbocycles. The summed E-state index contributed by atoms with van der Waals surface area (Å²) in [5, 5.41) is 4.57. The van der Waals surface area contributed by atoms with Crippen LogP contribution in [0.5, 0.6) is 0 Å². The molecule has 0 saturated carbocycles. The van der Waals surface area contributed by atoms with Gasteiger partial charge in [0.2, 0.25) is 0 Å². The molecule has 2 N–H and O–H groups in total. The fraction of sp³-hybridized carbons (Fsp3) is 0.172. The molecule has 5 rings (SSSR count). The molecule has 176 valence electrons. The van der Waals surface area contributed by atoms with E-state index in [1.807, 2.05) is 85.2 Å². The molecule has 2 aromatic heterocycles. The molecule has 6 nitrogen and oxygen atoms in total. The third-order valence-electron chi connectivity index (χ3n) is 6.08. The highest BCUT2D eigenvalue weighted by Gasteiger charge is 2.21. The predicted octanol–water partition coefficient (Wildman–Crippen LogP) is 5.32. The zero-order valence-electron chi connectivity index (χ0n) is 19.4. The second-order valence-corrected chi connectivity index (χ2v) is 8.50. The summed E-state index contributed by atoms with van der Waals surface area (Å²) in [5.41, 5.74) is 4.14. The summed E-state index contributed by atoms with van der Waals surface area (Å²) in [7, 11) is 0. The normalized spacial score (nSPS) is 12.0. The Hall–Kier alpha value is -4.16. The van der Waals surface area contributed by atoms with Gasteiger partial charge in [-0.25, -0.2) is 4.98 Å². The SMILES string of the molecule is O=C(OCc1ccccc1)[C@H](CCc1ncc(-c2ccccc2)[nH]1)NCn1ccc2ccccc21. The number of nitrogens with zero attached hydrogens (tertiary/aromatic N) is 2. The minimum atomic E-state index is -0.467. The number of carbonyl (C=O) groups is 1. The maximum atomic E-state index is 13.1. The monoisotopic (exact) mass is 464 g/mol. The first-order valence-corrected chi connectivity index (χ1v) is 11.8. The van der Waals surface area contributed by atoms with Crippen molar-refractivity contribution in [2.24, 2.45) is 0 Å². The minimum absolute atomic E-state index is 0.253. The lowest BCUT2D eigenvalue weighted by Gasteiger charge is -2.18. The van der Waals surface area contributed by atoms with Crippen LogP contribution in [0.1, 0.15) is 17.8 Å². The van der Waals surface area contributed by atoms with Crippen LogP contribution < -0.4 is 5.32 Å². The molecular formula is C29H28N4O2. The minimum Gasteiger partial charge on any atom is -0.460 e. The van der Waals surface area contributed by atoms with E-state index in [1.54, 1.807) is 0 Å². The van der Waals surface area contributed by atoms with Crippen molar-refractivity contribution in [2.45, 2.75) is 32.2 Å². The van der Waals surface area contributed by atoms with Crippen LogP contribution in [0.3, 0.4) is 0 Å². The van der Waals surface area contributed by atoms with E-state index in [0.29, 0.717) is 19.5 Å². The van der Waals surface area contributed by atoms with E-state index in [1.165, 1.54) is 5.39 Å². The van der Waals surface area contributed by atoms with Gasteiger partial charge in [-0.05, 0) is 35.1 Å². The van der Waals surface area contributed by atoms with Crippen molar-refractivity contribution in [2.75, 3.05) is 0 Å². The van der Waals surface area contributed by atoms with Gasteiger partial charge in [-0.15, -0.1) is 0 Å². The Morgan fingerprint density at radius 1 is 0.943 bits per heavy atom. The average molecular weight is 465 g/mol. The van der Waals surface area contributed by atoms with E-state index in [0.717, 1.165) is 28.2 Å². The number of H-pyrrole nitrogens is 1. The number of aromatic nitrogens is 3. The molecule has 0 radical (unpaired) electrons. The average Bonchev–Trinajstić information content (AvgIpc) is 3.56. The van der Waals surface area contributed by atoms with Gasteiger partial charge in [0, 0.05) is 18.1 Å². The number of para-hydroxylation sites is 1. The number of fused-ring (bicyclic) bond motifs is 1. The highest BCUT2D eigenvalue weighted by molar-refractivity contribution is 5.80. The first kappa shape index (κ1) is 22.6. The zero-order chi connectivity index (χ0) is 23.9. The number of esters is 1. The van der Waals surface area contributed by atoms with E-state index in [4.69, 9.17) is 4.74 Å². The van der Waals surface area contributed by atoms with Crippen molar-refractivity contribution >= 4 is 16.9 Å². The van der Waals surface area contributed by atoms with Gasteiger partial charge in [0.1, 0.15) is 18.5 Å². The summed E-state index contributed by atoms with van der Waals surface area (Å²) in [5.74, 6) is 0.582. The van der Waals surface area contributed by atoms with E-state index in [9.17, 15) is 4.79 Å². The molecule has 35 heavy (non-hydrogen) atoms. The number of benzene rings is 3. The van der Waals surface area contributed by atoms with Crippen molar-refractivity contribution < 1.29 is 9.53 Å². The molecule has 0 aliphatic rings. The molecule has 0 aliphatic carbocycles. The molecule has 5 aromatic rings. The molecule has 0 saturated heterocycles. The number of imidazole rings is 1. The Morgan fingerprint density at radius 3 is 2.51 bits per heavy atom. The number of aryl methyl sites for hydroxylation is 1. The van der Waals surface area contributed by atoms with Crippen LogP contribution in [0, 0.1) is 0 Å². The quantitative estimate of drug-likeness (QED) is 0.274. The van der Waals surface area contributed by atoms with Gasteiger partial charge in [-0.3, -0.25) is 10.1 Å². The van der Waals surface area contributed by atoms with Crippen LogP contribution in [-0.4, -0.2) is 26.5 Å². The number of hydrogen-bond acceptors (Lipinski definition) is 4. The first-order chi connectivity index (χ1) is 17.3. The first-order valence-electron chi connectivity index (χ1n) is 11.8. The third-order valence-corrected chi connectivity index (χ3v) is 6.08. The summed E-state index contributed by atoms with van der Waals surface area (Å²) in [6.45, 7) is 0.759. The zero-order valence-corrected chi connectivity index (χ0v) is 19.4. The van der Waals surface area contributed by atoms with E-state index < -0.39 is 6.04 Å². The maximum absolute atomic E-state index is 13.1. The van der Waals surface area contributed by atoms with Crippen molar-refractivity contribution in [3.8, 4) is 11.3 Å². The van der Waals surface area contributed by atoms with Crippen LogP contribution in [0.4, 0.5) is 0 Å². The number of ether oxygens (including phenoxy) is 1. The van der Waals surface area contributed by atoms with Gasteiger partial charge in [0.25, 0.3) is 0 Å². The number of carbonyl (C=O) groups excluding carboxylic acids is 1. The van der Waals surface area contributed by atoms with Crippen molar-refractivity contribution in [1.29, 1.82) is 0 Å². The van der Waals surface area contributed by atoms with Gasteiger partial charge < -0.3 is 14.3 Å². The summed E-state index contributed by atoms with van der Waals surface area (Å²) in [6.07, 6.45) is 5.06. The fourth-order valence-electron chi connectivity index (χ4n) is 4.15. The second-order valence-electron chi connectivity index (χ2n) is 8.50. The van der Waals surface area contributed by atoms with E-state index in [2.05, 4.69) is 38.1 Å². The number of hydrogen-bond donors (Lipinski definition) is 2. The van der Waals surface area contributed by atoms with Crippen LogP contribution in [0.25, 0.3) is 22.2 Å². The van der Waals surface area contributed by atoms with Gasteiger partial charge in [-0.2, -0.15) is 0 Å². The summed E-state index contributed by atoms with van der Waals surface area (Å²) in [6, 6.07) is 29.6. The highest BCUT2D eigenvalue weighted by atomic mass is 16.5. The number of aromatic amines is 1. The van der Waals surface area contributed by atoms with Gasteiger partial charge in [0.05, 0.1) is 18.6 Å². The number of rotatable bonds is 10. The molecule has 0 unspecified atom stereocenters. The fourth-order valence-corrected chi connectivity index (χ4v) is 4.15. The van der Waals surface area contributed by atoms with E-state index >= 15 is 0 Å². The lowest BCUT2D eigenvalue weighted by atomic mass is 10.1. The Kier molecular flexibility index (Phi) is 7.01. The topological polar surface area (TPSA) is 71.9 Å². The Labute approximate surface area is 204 Å². The van der Waals surface area contributed by atoms with Crippen molar-refractivity contribution in [3.63, 3.8) is 0 Å². The Balaban J connectivity index is 1.26. The molecule has 0 fully saturated rings. The smallest absolute Gasteiger partial charge is 0.323 e. The molecule has 0 aliphatic heterocycles. The van der Waals surface area contributed by atoms with Gasteiger partial charge in [-0.1, -0.05) is 78.9 Å². The lowest BCUT2D eigenvalue weighted by Crippen LogP contribution is -2.39. The maximum Gasteiger partial charge on any atom is 0.323 e. The molecule has 2 heterocycles. The van der Waals surface area contributed by atoms with Crippen molar-refractivity contribution in [3.05, 3.63) is 115 Å². The molecular weight excluding hydrogens is 436 g/mol. The summed E-state index contributed by atoms with van der Waals surface area (Å²) < 4.78 is 7.77. The van der Waals surface area contributed by atoms with Gasteiger partial charge >= 0.3 is 5.97 Å².